The number of carbonyl (C=O) groups excluding carboxylic acids is 1. The molecule has 1 unspecified atom stereocenters. The van der Waals surface area contributed by atoms with Crippen molar-refractivity contribution in [1.82, 2.24) is 14.5 Å². The minimum atomic E-state index is 0.0616. The van der Waals surface area contributed by atoms with Gasteiger partial charge in [0.2, 0.25) is 5.91 Å². The van der Waals surface area contributed by atoms with Crippen LogP contribution in [0, 0.1) is 0 Å². The van der Waals surface area contributed by atoms with Gasteiger partial charge in [-0.15, -0.1) is 0 Å². The summed E-state index contributed by atoms with van der Waals surface area (Å²) in [6.45, 7) is 9.66. The molecule has 152 valence electrons. The van der Waals surface area contributed by atoms with Gasteiger partial charge in [0.15, 0.2) is 0 Å². The van der Waals surface area contributed by atoms with E-state index in [-0.39, 0.29) is 12.0 Å². The van der Waals surface area contributed by atoms with E-state index in [0.29, 0.717) is 6.61 Å². The average molecular weight is 393 g/mol. The van der Waals surface area contributed by atoms with Gasteiger partial charge >= 0.3 is 0 Å². The number of benzene rings is 2. The maximum absolute atomic E-state index is 11.6. The molecule has 1 atom stereocenters. The third-order valence-corrected chi connectivity index (χ3v) is 5.66. The number of amides is 1. The zero-order chi connectivity index (χ0) is 20.4. The highest BCUT2D eigenvalue weighted by atomic mass is 16.5. The first kappa shape index (κ1) is 19.5. The van der Waals surface area contributed by atoms with E-state index >= 15 is 0 Å². The lowest BCUT2D eigenvalue weighted by molar-refractivity contribution is -0.129. The Bertz CT molecular complexity index is 1010. The number of carbonyl (C=O) groups is 1. The van der Waals surface area contributed by atoms with Crippen LogP contribution in [0.4, 0.5) is 5.69 Å². The zero-order valence-electron chi connectivity index (χ0n) is 17.3. The molecule has 4 rings (SSSR count). The fourth-order valence-electron chi connectivity index (χ4n) is 3.95. The SMILES string of the molecule is CCOC(C)c1ccc2c(c1)ncn2-c1cccc(N2CCN(C(C)=O)CC2)c1. The van der Waals surface area contributed by atoms with Crippen molar-refractivity contribution >= 4 is 22.6 Å². The number of hydrogen-bond donors (Lipinski definition) is 0. The van der Waals surface area contributed by atoms with Gasteiger partial charge < -0.3 is 14.5 Å². The lowest BCUT2D eigenvalue weighted by atomic mass is 10.1. The number of aromatic nitrogens is 2. The Balaban J connectivity index is 1.58. The Morgan fingerprint density at radius 2 is 1.86 bits per heavy atom. The van der Waals surface area contributed by atoms with Crippen molar-refractivity contribution in [3.05, 3.63) is 54.4 Å². The predicted octanol–water partition coefficient (Wildman–Crippen LogP) is 3.79. The summed E-state index contributed by atoms with van der Waals surface area (Å²) in [6.07, 6.45) is 1.94. The first-order valence-electron chi connectivity index (χ1n) is 10.3. The molecule has 2 heterocycles. The van der Waals surface area contributed by atoms with Crippen molar-refractivity contribution in [3.8, 4) is 5.69 Å². The smallest absolute Gasteiger partial charge is 0.219 e. The van der Waals surface area contributed by atoms with Crippen LogP contribution in [0.1, 0.15) is 32.4 Å². The maximum atomic E-state index is 11.6. The highest BCUT2D eigenvalue weighted by molar-refractivity contribution is 5.78. The summed E-state index contributed by atoms with van der Waals surface area (Å²) in [4.78, 5) is 20.4. The molecular formula is C23H28N4O2. The van der Waals surface area contributed by atoms with Gasteiger partial charge in [0, 0.05) is 51.1 Å². The fraction of sp³-hybridized carbons (Fsp3) is 0.391. The molecule has 0 saturated carbocycles. The van der Waals surface area contributed by atoms with Crippen molar-refractivity contribution in [1.29, 1.82) is 0 Å². The largest absolute Gasteiger partial charge is 0.374 e. The van der Waals surface area contributed by atoms with E-state index in [0.717, 1.165) is 48.5 Å². The highest BCUT2D eigenvalue weighted by Gasteiger charge is 2.19. The number of anilines is 1. The van der Waals surface area contributed by atoms with Crippen LogP contribution in [-0.4, -0.2) is 53.1 Å². The molecule has 3 aromatic rings. The second kappa shape index (κ2) is 8.25. The number of piperazine rings is 1. The van der Waals surface area contributed by atoms with Crippen molar-refractivity contribution in [2.75, 3.05) is 37.7 Å². The molecule has 1 aromatic heterocycles. The van der Waals surface area contributed by atoms with Crippen LogP contribution in [-0.2, 0) is 9.53 Å². The predicted molar refractivity (Wildman–Crippen MR) is 116 cm³/mol. The fourth-order valence-corrected chi connectivity index (χ4v) is 3.95. The van der Waals surface area contributed by atoms with E-state index in [1.807, 2.05) is 18.2 Å². The van der Waals surface area contributed by atoms with Crippen LogP contribution < -0.4 is 4.90 Å². The van der Waals surface area contributed by atoms with Gasteiger partial charge in [-0.2, -0.15) is 0 Å². The van der Waals surface area contributed by atoms with Crippen LogP contribution in [0.15, 0.2) is 48.8 Å². The Hall–Kier alpha value is -2.86. The lowest BCUT2D eigenvalue weighted by Gasteiger charge is -2.35. The van der Waals surface area contributed by atoms with Crippen molar-refractivity contribution < 1.29 is 9.53 Å². The van der Waals surface area contributed by atoms with E-state index in [1.54, 1.807) is 6.92 Å². The van der Waals surface area contributed by atoms with Crippen LogP contribution in [0.2, 0.25) is 0 Å². The molecule has 0 spiro atoms. The molecule has 1 saturated heterocycles. The number of imidazole rings is 1. The van der Waals surface area contributed by atoms with Crippen LogP contribution >= 0.6 is 0 Å². The second-order valence-corrected chi connectivity index (χ2v) is 7.47. The number of hydrogen-bond acceptors (Lipinski definition) is 4. The van der Waals surface area contributed by atoms with Gasteiger partial charge in [-0.3, -0.25) is 9.36 Å². The molecule has 29 heavy (non-hydrogen) atoms. The topological polar surface area (TPSA) is 50.6 Å². The summed E-state index contributed by atoms with van der Waals surface area (Å²) in [5.74, 6) is 0.154. The van der Waals surface area contributed by atoms with Crippen LogP contribution in [0.3, 0.4) is 0 Å². The van der Waals surface area contributed by atoms with Gasteiger partial charge in [-0.1, -0.05) is 12.1 Å². The average Bonchev–Trinajstić information content (AvgIpc) is 3.17. The molecule has 1 fully saturated rings. The molecule has 0 bridgehead atoms. The zero-order valence-corrected chi connectivity index (χ0v) is 17.3. The molecular weight excluding hydrogens is 364 g/mol. The van der Waals surface area contributed by atoms with Crippen molar-refractivity contribution in [2.45, 2.75) is 26.9 Å². The first-order valence-corrected chi connectivity index (χ1v) is 10.3. The summed E-state index contributed by atoms with van der Waals surface area (Å²) in [7, 11) is 0. The quantitative estimate of drug-likeness (QED) is 0.663. The molecule has 6 nitrogen and oxygen atoms in total. The highest BCUT2D eigenvalue weighted by Crippen LogP contribution is 2.26. The molecule has 2 aromatic carbocycles. The van der Waals surface area contributed by atoms with Crippen LogP contribution in [0.5, 0.6) is 0 Å². The number of nitrogens with zero attached hydrogens (tertiary/aromatic N) is 4. The summed E-state index contributed by atoms with van der Waals surface area (Å²) in [5.41, 5.74) is 5.45. The van der Waals surface area contributed by atoms with Crippen LogP contribution in [0.25, 0.3) is 16.7 Å². The molecule has 0 radical (unpaired) electrons. The molecule has 1 aliphatic rings. The third-order valence-electron chi connectivity index (χ3n) is 5.66. The van der Waals surface area contributed by atoms with E-state index < -0.39 is 0 Å². The Morgan fingerprint density at radius 3 is 2.59 bits per heavy atom. The number of rotatable bonds is 5. The van der Waals surface area contributed by atoms with Gasteiger partial charge in [-0.05, 0) is 49.7 Å². The summed E-state index contributed by atoms with van der Waals surface area (Å²) in [6, 6.07) is 14.9. The monoisotopic (exact) mass is 392 g/mol. The lowest BCUT2D eigenvalue weighted by Crippen LogP contribution is -2.48. The van der Waals surface area contributed by atoms with E-state index in [1.165, 1.54) is 5.69 Å². The van der Waals surface area contributed by atoms with Gasteiger partial charge in [0.05, 0.1) is 17.1 Å². The maximum Gasteiger partial charge on any atom is 0.219 e. The van der Waals surface area contributed by atoms with E-state index in [2.05, 4.69) is 63.8 Å². The summed E-state index contributed by atoms with van der Waals surface area (Å²) >= 11 is 0. The minimum Gasteiger partial charge on any atom is -0.374 e. The summed E-state index contributed by atoms with van der Waals surface area (Å²) in [5, 5.41) is 0. The molecule has 1 amide bonds. The molecule has 6 heteroatoms. The minimum absolute atomic E-state index is 0.0616. The normalized spacial score (nSPS) is 15.7. The third kappa shape index (κ3) is 3.98. The second-order valence-electron chi connectivity index (χ2n) is 7.47. The molecule has 1 aliphatic heterocycles. The van der Waals surface area contributed by atoms with E-state index in [4.69, 9.17) is 4.74 Å². The Kier molecular flexibility index (Phi) is 5.53. The number of fused-ring (bicyclic) bond motifs is 1. The Morgan fingerprint density at radius 1 is 1.10 bits per heavy atom. The van der Waals surface area contributed by atoms with Gasteiger partial charge in [0.25, 0.3) is 0 Å². The van der Waals surface area contributed by atoms with E-state index in [9.17, 15) is 4.79 Å². The molecule has 0 aliphatic carbocycles. The van der Waals surface area contributed by atoms with Gasteiger partial charge in [0.1, 0.15) is 6.33 Å². The van der Waals surface area contributed by atoms with Crippen molar-refractivity contribution in [3.63, 3.8) is 0 Å². The standard InChI is InChI=1S/C23H28N4O2/c1-4-29-17(2)19-8-9-23-22(14-19)24-16-27(23)21-7-5-6-20(15-21)26-12-10-25(11-13-26)18(3)28/h5-9,14-17H,4,10-13H2,1-3H3. The first-order chi connectivity index (χ1) is 14.1. The Labute approximate surface area is 171 Å². The van der Waals surface area contributed by atoms with Crippen molar-refractivity contribution in [2.24, 2.45) is 0 Å². The van der Waals surface area contributed by atoms with Gasteiger partial charge in [-0.25, -0.2) is 4.98 Å². The number of ether oxygens (including phenoxy) is 1. The summed E-state index contributed by atoms with van der Waals surface area (Å²) < 4.78 is 7.83. The molecule has 0 N–H and O–H groups in total.